The van der Waals surface area contributed by atoms with E-state index < -0.39 is 5.91 Å². The van der Waals surface area contributed by atoms with Crippen LogP contribution in [0.3, 0.4) is 0 Å². The monoisotopic (exact) mass is 340 g/mol. The van der Waals surface area contributed by atoms with Gasteiger partial charge in [0.25, 0.3) is 11.8 Å². The van der Waals surface area contributed by atoms with Crippen LogP contribution in [0.25, 0.3) is 0 Å². The Labute approximate surface area is 144 Å². The molecule has 0 radical (unpaired) electrons. The minimum atomic E-state index is -0.556. The highest BCUT2D eigenvalue weighted by Gasteiger charge is 2.30. The molecule has 2 aliphatic rings. The molecule has 8 nitrogen and oxygen atoms in total. The Morgan fingerprint density at radius 2 is 2.04 bits per heavy atom. The number of aromatic nitrogens is 4. The first-order valence-corrected chi connectivity index (χ1v) is 8.59. The van der Waals surface area contributed by atoms with E-state index in [4.69, 9.17) is 5.73 Å². The van der Waals surface area contributed by atoms with Gasteiger partial charge in [-0.1, -0.05) is 0 Å². The van der Waals surface area contributed by atoms with Crippen molar-refractivity contribution in [1.29, 1.82) is 0 Å². The molecule has 2 amide bonds. The van der Waals surface area contributed by atoms with Crippen molar-refractivity contribution in [2.75, 3.05) is 13.1 Å². The summed E-state index contributed by atoms with van der Waals surface area (Å²) in [5.41, 5.74) is 6.78. The third-order valence-electron chi connectivity index (χ3n) is 4.83. The van der Waals surface area contributed by atoms with Gasteiger partial charge in [0.2, 0.25) is 0 Å². The number of aromatic amines is 1. The number of hydrogen-bond acceptors (Lipinski definition) is 5. The minimum absolute atomic E-state index is 0.0661. The number of primary amides is 1. The third-order valence-corrected chi connectivity index (χ3v) is 4.83. The first-order valence-electron chi connectivity index (χ1n) is 8.59. The van der Waals surface area contributed by atoms with Crippen LogP contribution in [-0.4, -0.2) is 50.0 Å². The number of likely N-dealkylation sites (tertiary alicyclic amines) is 1. The summed E-state index contributed by atoms with van der Waals surface area (Å²) in [5, 5.41) is 6.81. The normalized spacial score (nSPS) is 20.5. The molecule has 4 rings (SSSR count). The van der Waals surface area contributed by atoms with E-state index in [9.17, 15) is 9.59 Å². The van der Waals surface area contributed by atoms with Crippen LogP contribution in [0, 0.1) is 0 Å². The van der Waals surface area contributed by atoms with Crippen LogP contribution in [0.15, 0.2) is 18.3 Å². The Kier molecular flexibility index (Phi) is 3.95. The van der Waals surface area contributed by atoms with E-state index in [0.29, 0.717) is 24.7 Å². The average Bonchev–Trinajstić information content (AvgIpc) is 3.37. The lowest BCUT2D eigenvalue weighted by Crippen LogP contribution is -2.39. The molecule has 1 aliphatic heterocycles. The number of hydrogen-bond donors (Lipinski definition) is 2. The maximum Gasteiger partial charge on any atom is 0.272 e. The Morgan fingerprint density at radius 1 is 1.20 bits per heavy atom. The number of carbonyl (C=O) groups is 2. The van der Waals surface area contributed by atoms with Crippen LogP contribution in [0.5, 0.6) is 0 Å². The van der Waals surface area contributed by atoms with Gasteiger partial charge in [-0.05, 0) is 37.8 Å². The molecule has 1 unspecified atom stereocenters. The number of nitrogens with one attached hydrogen (secondary N) is 1. The summed E-state index contributed by atoms with van der Waals surface area (Å²) in [6.07, 6.45) is 5.70. The van der Waals surface area contributed by atoms with E-state index in [2.05, 4.69) is 20.2 Å². The van der Waals surface area contributed by atoms with Gasteiger partial charge >= 0.3 is 0 Å². The molecule has 2 aromatic heterocycles. The Bertz CT molecular complexity index is 813. The van der Waals surface area contributed by atoms with Crippen molar-refractivity contribution in [3.05, 3.63) is 41.2 Å². The lowest BCUT2D eigenvalue weighted by Gasteiger charge is -2.32. The lowest BCUT2D eigenvalue weighted by atomic mass is 9.94. The maximum atomic E-state index is 12.8. The molecule has 0 aromatic carbocycles. The van der Waals surface area contributed by atoms with Crippen LogP contribution < -0.4 is 5.73 Å². The fourth-order valence-corrected chi connectivity index (χ4v) is 3.28. The largest absolute Gasteiger partial charge is 0.364 e. The van der Waals surface area contributed by atoms with E-state index in [1.807, 2.05) is 4.90 Å². The molecular formula is C17H20N6O2. The average molecular weight is 340 g/mol. The summed E-state index contributed by atoms with van der Waals surface area (Å²) in [7, 11) is 0. The number of H-pyrrole nitrogens is 1. The fraction of sp³-hybridized carbons (Fsp3) is 0.471. The summed E-state index contributed by atoms with van der Waals surface area (Å²) in [6.45, 7) is 1.27. The number of amides is 2. The predicted octanol–water partition coefficient (Wildman–Crippen LogP) is 1.20. The van der Waals surface area contributed by atoms with Crippen molar-refractivity contribution in [3.8, 4) is 0 Å². The van der Waals surface area contributed by atoms with Crippen molar-refractivity contribution >= 4 is 11.8 Å². The zero-order chi connectivity index (χ0) is 17.4. The van der Waals surface area contributed by atoms with Gasteiger partial charge in [0, 0.05) is 36.8 Å². The highest BCUT2D eigenvalue weighted by molar-refractivity contribution is 5.92. The summed E-state index contributed by atoms with van der Waals surface area (Å²) in [6, 6.07) is 3.36. The Hall–Kier alpha value is -2.77. The highest BCUT2D eigenvalue weighted by atomic mass is 16.2. The van der Waals surface area contributed by atoms with Gasteiger partial charge in [0.15, 0.2) is 0 Å². The van der Waals surface area contributed by atoms with E-state index in [1.54, 1.807) is 18.3 Å². The van der Waals surface area contributed by atoms with Gasteiger partial charge in [0.05, 0.1) is 0 Å². The second kappa shape index (κ2) is 6.27. The van der Waals surface area contributed by atoms with Gasteiger partial charge in [-0.25, -0.2) is 9.97 Å². The Balaban J connectivity index is 1.49. The molecule has 1 atom stereocenters. The van der Waals surface area contributed by atoms with Crippen molar-refractivity contribution in [1.82, 2.24) is 25.1 Å². The number of carbonyl (C=O) groups excluding carboxylic acids is 2. The number of piperidine rings is 1. The molecule has 130 valence electrons. The summed E-state index contributed by atoms with van der Waals surface area (Å²) < 4.78 is 0. The van der Waals surface area contributed by atoms with E-state index >= 15 is 0 Å². The highest BCUT2D eigenvalue weighted by Crippen LogP contribution is 2.37. The second-order valence-electron chi connectivity index (χ2n) is 6.74. The summed E-state index contributed by atoms with van der Waals surface area (Å²) >= 11 is 0. The molecule has 1 saturated heterocycles. The molecule has 2 aromatic rings. The molecule has 1 aliphatic carbocycles. The van der Waals surface area contributed by atoms with Crippen LogP contribution in [-0.2, 0) is 0 Å². The summed E-state index contributed by atoms with van der Waals surface area (Å²) in [5.74, 6) is 0.685. The predicted molar refractivity (Wildman–Crippen MR) is 89.0 cm³/mol. The van der Waals surface area contributed by atoms with Crippen molar-refractivity contribution in [2.24, 2.45) is 5.73 Å². The van der Waals surface area contributed by atoms with Gasteiger partial charge in [0.1, 0.15) is 17.2 Å². The molecule has 0 bridgehead atoms. The summed E-state index contributed by atoms with van der Waals surface area (Å²) in [4.78, 5) is 34.6. The standard InChI is InChI=1S/C17H20N6O2/c18-15(24)14-8-13(21-22-14)11-2-1-7-23(9-11)17(25)12-5-6-19-16(20-12)10-3-4-10/h5-6,8,10-11H,1-4,7,9H2,(H2,18,24)(H,21,22). The smallest absolute Gasteiger partial charge is 0.272 e. The van der Waals surface area contributed by atoms with Crippen LogP contribution in [0.4, 0.5) is 0 Å². The van der Waals surface area contributed by atoms with Crippen LogP contribution in [0.2, 0.25) is 0 Å². The molecule has 0 spiro atoms. The maximum absolute atomic E-state index is 12.8. The van der Waals surface area contributed by atoms with Crippen molar-refractivity contribution in [2.45, 2.75) is 37.5 Å². The molecule has 25 heavy (non-hydrogen) atoms. The van der Waals surface area contributed by atoms with Gasteiger partial charge < -0.3 is 10.6 Å². The molecule has 3 N–H and O–H groups in total. The first kappa shape index (κ1) is 15.7. The first-order chi connectivity index (χ1) is 12.1. The zero-order valence-corrected chi connectivity index (χ0v) is 13.8. The van der Waals surface area contributed by atoms with E-state index in [-0.39, 0.29) is 17.5 Å². The van der Waals surface area contributed by atoms with E-state index in [0.717, 1.165) is 37.2 Å². The van der Waals surface area contributed by atoms with E-state index in [1.165, 1.54) is 0 Å². The SMILES string of the molecule is NC(=O)c1cc(C2CCCN(C(=O)c3ccnc(C4CC4)n3)C2)[nH]n1. The molecule has 8 heteroatoms. The van der Waals surface area contributed by atoms with Crippen LogP contribution >= 0.6 is 0 Å². The minimum Gasteiger partial charge on any atom is -0.364 e. The quantitative estimate of drug-likeness (QED) is 0.867. The van der Waals surface area contributed by atoms with Gasteiger partial charge in [-0.2, -0.15) is 5.10 Å². The molecule has 1 saturated carbocycles. The zero-order valence-electron chi connectivity index (χ0n) is 13.8. The number of nitrogens with zero attached hydrogens (tertiary/aromatic N) is 4. The van der Waals surface area contributed by atoms with Crippen molar-refractivity contribution in [3.63, 3.8) is 0 Å². The second-order valence-corrected chi connectivity index (χ2v) is 6.74. The Morgan fingerprint density at radius 3 is 2.76 bits per heavy atom. The topological polar surface area (TPSA) is 118 Å². The number of nitrogens with two attached hydrogens (primary N) is 1. The van der Waals surface area contributed by atoms with Gasteiger partial charge in [-0.3, -0.25) is 14.7 Å². The lowest BCUT2D eigenvalue weighted by molar-refractivity contribution is 0.0699. The fourth-order valence-electron chi connectivity index (χ4n) is 3.28. The van der Waals surface area contributed by atoms with Gasteiger partial charge in [-0.15, -0.1) is 0 Å². The third kappa shape index (κ3) is 3.24. The molecular weight excluding hydrogens is 320 g/mol. The van der Waals surface area contributed by atoms with Crippen LogP contribution in [0.1, 0.15) is 70.0 Å². The number of rotatable bonds is 4. The molecule has 3 heterocycles. The molecule has 2 fully saturated rings. The van der Waals surface area contributed by atoms with Crippen molar-refractivity contribution < 1.29 is 9.59 Å².